The summed E-state index contributed by atoms with van der Waals surface area (Å²) >= 11 is 13.6. The second-order valence-electron chi connectivity index (χ2n) is 6.31. The number of nitrogens with zero attached hydrogens (tertiary/aromatic N) is 3. The topological polar surface area (TPSA) is 68.5 Å². The minimum atomic E-state index is -0.571. The molecule has 2 aromatic carbocycles. The summed E-state index contributed by atoms with van der Waals surface area (Å²) in [5.41, 5.74) is 1.98. The first-order valence-corrected chi connectivity index (χ1v) is 10.5. The van der Waals surface area contributed by atoms with E-state index in [1.807, 2.05) is 30.3 Å². The molecule has 0 bridgehead atoms. The van der Waals surface area contributed by atoms with E-state index in [9.17, 15) is 4.79 Å². The molecule has 9 heteroatoms. The summed E-state index contributed by atoms with van der Waals surface area (Å²) < 4.78 is 6.85. The summed E-state index contributed by atoms with van der Waals surface area (Å²) in [7, 11) is 1.59. The van der Waals surface area contributed by atoms with Crippen molar-refractivity contribution in [2.75, 3.05) is 12.4 Å². The van der Waals surface area contributed by atoms with E-state index in [1.165, 1.54) is 11.8 Å². The number of ether oxygens (including phenoxy) is 1. The monoisotopic (exact) mass is 458 g/mol. The molecule has 152 valence electrons. The van der Waals surface area contributed by atoms with Gasteiger partial charge in [0.25, 0.3) is 0 Å². The molecular weight excluding hydrogens is 443 g/mol. The van der Waals surface area contributed by atoms with Gasteiger partial charge in [-0.15, -0.1) is 10.2 Å². The number of hydrogen-bond acceptors (Lipinski definition) is 5. The molecule has 0 aliphatic heterocycles. The molecule has 1 atom stereocenters. The largest absolute Gasteiger partial charge is 0.497 e. The molecule has 2 aromatic heterocycles. The van der Waals surface area contributed by atoms with Gasteiger partial charge in [0.1, 0.15) is 11.0 Å². The van der Waals surface area contributed by atoms with Crippen molar-refractivity contribution in [2.45, 2.75) is 10.4 Å². The van der Waals surface area contributed by atoms with Gasteiger partial charge < -0.3 is 10.1 Å². The number of pyridine rings is 1. The molecule has 4 aromatic rings. The van der Waals surface area contributed by atoms with Crippen LogP contribution in [0.2, 0.25) is 10.0 Å². The summed E-state index contributed by atoms with van der Waals surface area (Å²) in [6.45, 7) is 0. The third kappa shape index (κ3) is 4.38. The molecular formula is C21H16Cl2N4O2S. The molecule has 1 unspecified atom stereocenters. The van der Waals surface area contributed by atoms with Crippen LogP contribution in [0.15, 0.2) is 72.0 Å². The van der Waals surface area contributed by atoms with Crippen molar-refractivity contribution in [3.63, 3.8) is 0 Å². The van der Waals surface area contributed by atoms with Crippen molar-refractivity contribution >= 4 is 52.2 Å². The van der Waals surface area contributed by atoms with E-state index in [-0.39, 0.29) is 5.91 Å². The molecule has 1 N–H and O–H groups in total. The number of carbonyl (C=O) groups is 1. The molecule has 0 spiro atoms. The Kier molecular flexibility index (Phi) is 6.13. The smallest absolute Gasteiger partial charge is 0.242 e. The van der Waals surface area contributed by atoms with Gasteiger partial charge in [-0.05, 0) is 35.9 Å². The highest BCUT2D eigenvalue weighted by atomic mass is 35.5. The Balaban J connectivity index is 1.66. The Labute approximate surface area is 187 Å². The number of benzene rings is 2. The Morgan fingerprint density at radius 3 is 2.53 bits per heavy atom. The van der Waals surface area contributed by atoms with Crippen molar-refractivity contribution in [1.82, 2.24) is 14.6 Å². The average molecular weight is 459 g/mol. The highest BCUT2D eigenvalue weighted by Gasteiger charge is 2.25. The highest BCUT2D eigenvalue weighted by molar-refractivity contribution is 8.00. The standard InChI is InChI=1S/C21H16Cl2N4O2S/c1-29-16-9-7-15(8-10-16)24-20(28)18(13-5-3-2-4-6-13)30-21-26-25-19-17(23)11-14(22)12-27(19)21/h2-12,18H,1H3,(H,24,28). The molecule has 30 heavy (non-hydrogen) atoms. The number of methoxy groups -OCH3 is 1. The molecule has 0 aliphatic carbocycles. The maximum atomic E-state index is 13.2. The van der Waals surface area contributed by atoms with Crippen LogP contribution in [0.3, 0.4) is 0 Å². The van der Waals surface area contributed by atoms with Gasteiger partial charge in [0.05, 0.1) is 17.2 Å². The lowest BCUT2D eigenvalue weighted by atomic mass is 10.1. The lowest BCUT2D eigenvalue weighted by Gasteiger charge is -2.16. The van der Waals surface area contributed by atoms with Crippen molar-refractivity contribution < 1.29 is 9.53 Å². The number of fused-ring (bicyclic) bond motifs is 1. The molecule has 0 radical (unpaired) electrons. The Hall–Kier alpha value is -2.74. The lowest BCUT2D eigenvalue weighted by Crippen LogP contribution is -2.19. The van der Waals surface area contributed by atoms with E-state index in [2.05, 4.69) is 15.5 Å². The number of carbonyl (C=O) groups excluding carboxylic acids is 1. The summed E-state index contributed by atoms with van der Waals surface area (Å²) in [6.07, 6.45) is 1.68. The van der Waals surface area contributed by atoms with Gasteiger partial charge >= 0.3 is 0 Å². The number of nitrogens with one attached hydrogen (secondary N) is 1. The average Bonchev–Trinajstić information content (AvgIpc) is 3.16. The number of hydrogen-bond donors (Lipinski definition) is 1. The van der Waals surface area contributed by atoms with E-state index in [1.54, 1.807) is 48.0 Å². The fraction of sp³-hybridized carbons (Fsp3) is 0.0952. The van der Waals surface area contributed by atoms with Crippen LogP contribution in [-0.2, 0) is 4.79 Å². The summed E-state index contributed by atoms with van der Waals surface area (Å²) in [5.74, 6) is 0.520. The first-order chi connectivity index (χ1) is 14.5. The fourth-order valence-electron chi connectivity index (χ4n) is 2.87. The van der Waals surface area contributed by atoms with Crippen LogP contribution in [0.1, 0.15) is 10.8 Å². The Bertz CT molecular complexity index is 1180. The zero-order valence-electron chi connectivity index (χ0n) is 15.8. The number of anilines is 1. The van der Waals surface area contributed by atoms with E-state index in [0.717, 1.165) is 5.56 Å². The zero-order chi connectivity index (χ0) is 21.1. The SMILES string of the molecule is COc1ccc(NC(=O)C(Sc2nnc3c(Cl)cc(Cl)cn23)c2ccccc2)cc1. The molecule has 4 rings (SSSR count). The number of thioether (sulfide) groups is 1. The van der Waals surface area contributed by atoms with Crippen LogP contribution < -0.4 is 10.1 Å². The quantitative estimate of drug-likeness (QED) is 0.385. The van der Waals surface area contributed by atoms with Crippen LogP contribution in [0.25, 0.3) is 5.65 Å². The summed E-state index contributed by atoms with van der Waals surface area (Å²) in [5, 5.41) is 12.1. The van der Waals surface area contributed by atoms with Gasteiger partial charge in [-0.1, -0.05) is 65.3 Å². The van der Waals surface area contributed by atoms with Gasteiger partial charge in [-0.2, -0.15) is 0 Å². The summed E-state index contributed by atoms with van der Waals surface area (Å²) in [6, 6.07) is 18.2. The number of amides is 1. The molecule has 0 saturated carbocycles. The Morgan fingerprint density at radius 1 is 1.10 bits per heavy atom. The number of aromatic nitrogens is 3. The zero-order valence-corrected chi connectivity index (χ0v) is 18.1. The van der Waals surface area contributed by atoms with E-state index in [0.29, 0.717) is 32.3 Å². The van der Waals surface area contributed by atoms with Gasteiger partial charge in [0, 0.05) is 11.9 Å². The van der Waals surface area contributed by atoms with Gasteiger partial charge in [0.2, 0.25) is 5.91 Å². The van der Waals surface area contributed by atoms with E-state index < -0.39 is 5.25 Å². The molecule has 6 nitrogen and oxygen atoms in total. The highest BCUT2D eigenvalue weighted by Crippen LogP contribution is 2.36. The van der Waals surface area contributed by atoms with Crippen LogP contribution >= 0.6 is 35.0 Å². The van der Waals surface area contributed by atoms with Gasteiger partial charge in [-0.25, -0.2) is 0 Å². The molecule has 0 fully saturated rings. The lowest BCUT2D eigenvalue weighted by molar-refractivity contribution is -0.115. The van der Waals surface area contributed by atoms with Crippen LogP contribution in [-0.4, -0.2) is 27.6 Å². The predicted octanol–water partition coefficient (Wildman–Crippen LogP) is 5.52. The second kappa shape index (κ2) is 8.95. The van der Waals surface area contributed by atoms with Gasteiger partial charge in [-0.3, -0.25) is 9.20 Å². The van der Waals surface area contributed by atoms with E-state index >= 15 is 0 Å². The van der Waals surface area contributed by atoms with Gasteiger partial charge in [0.15, 0.2) is 10.8 Å². The molecule has 0 aliphatic rings. The van der Waals surface area contributed by atoms with Crippen LogP contribution in [0.4, 0.5) is 5.69 Å². The maximum Gasteiger partial charge on any atom is 0.242 e. The normalized spacial score (nSPS) is 12.0. The molecule has 0 saturated heterocycles. The molecule has 2 heterocycles. The third-order valence-corrected chi connectivity index (χ3v) is 6.01. The van der Waals surface area contributed by atoms with Crippen molar-refractivity contribution in [3.8, 4) is 5.75 Å². The van der Waals surface area contributed by atoms with Crippen LogP contribution in [0.5, 0.6) is 5.75 Å². The van der Waals surface area contributed by atoms with E-state index in [4.69, 9.17) is 27.9 Å². The number of halogens is 2. The molecule has 1 amide bonds. The minimum absolute atomic E-state index is 0.193. The predicted molar refractivity (Wildman–Crippen MR) is 120 cm³/mol. The summed E-state index contributed by atoms with van der Waals surface area (Å²) in [4.78, 5) is 13.2. The number of rotatable bonds is 6. The second-order valence-corrected chi connectivity index (χ2v) is 8.22. The third-order valence-electron chi connectivity index (χ3n) is 4.32. The van der Waals surface area contributed by atoms with Crippen LogP contribution in [0, 0.1) is 0 Å². The first-order valence-electron chi connectivity index (χ1n) is 8.91. The minimum Gasteiger partial charge on any atom is -0.497 e. The first kappa shape index (κ1) is 20.5. The fourth-order valence-corrected chi connectivity index (χ4v) is 4.39. The van der Waals surface area contributed by atoms with Crippen molar-refractivity contribution in [3.05, 3.63) is 82.5 Å². The van der Waals surface area contributed by atoms with Crippen molar-refractivity contribution in [2.24, 2.45) is 0 Å². The van der Waals surface area contributed by atoms with Crippen molar-refractivity contribution in [1.29, 1.82) is 0 Å². The Morgan fingerprint density at radius 2 is 1.83 bits per heavy atom. The maximum absolute atomic E-state index is 13.2.